The molecular weight excluding hydrogens is 306 g/mol. The molecule has 0 aliphatic heterocycles. The van der Waals surface area contributed by atoms with Crippen LogP contribution in [0.2, 0.25) is 0 Å². The second-order valence-corrected chi connectivity index (χ2v) is 5.23. The maximum absolute atomic E-state index is 12.3. The van der Waals surface area contributed by atoms with E-state index in [1.54, 1.807) is 24.5 Å². The van der Waals surface area contributed by atoms with Gasteiger partial charge in [0.1, 0.15) is 0 Å². The van der Waals surface area contributed by atoms with E-state index in [0.29, 0.717) is 16.9 Å². The quantitative estimate of drug-likeness (QED) is 0.834. The van der Waals surface area contributed by atoms with Crippen molar-refractivity contribution in [1.29, 1.82) is 0 Å². The molecule has 19 heavy (non-hydrogen) atoms. The van der Waals surface area contributed by atoms with Crippen LogP contribution in [-0.2, 0) is 0 Å². The maximum Gasteiger partial charge on any atom is 0.256 e. The van der Waals surface area contributed by atoms with Crippen molar-refractivity contribution in [2.24, 2.45) is 0 Å². The van der Waals surface area contributed by atoms with Gasteiger partial charge >= 0.3 is 0 Å². The summed E-state index contributed by atoms with van der Waals surface area (Å²) in [6.07, 6.45) is 3.32. The van der Waals surface area contributed by atoms with Gasteiger partial charge < -0.3 is 11.1 Å². The second-order valence-electron chi connectivity index (χ2n) is 4.31. The zero-order valence-electron chi connectivity index (χ0n) is 10.7. The first-order valence-corrected chi connectivity index (χ1v) is 6.56. The average Bonchev–Trinajstić information content (AvgIpc) is 2.36. The molecule has 0 unspecified atom stereocenters. The molecule has 0 fully saturated rings. The molecule has 1 heterocycles. The molecule has 3 N–H and O–H groups in total. The molecule has 0 radical (unpaired) electrons. The maximum atomic E-state index is 12.3. The molecule has 98 valence electrons. The Morgan fingerprint density at radius 3 is 2.79 bits per heavy atom. The highest BCUT2D eigenvalue weighted by atomic mass is 79.9. The number of benzene rings is 1. The summed E-state index contributed by atoms with van der Waals surface area (Å²) in [5.74, 6) is -0.193. The number of rotatable bonds is 2. The number of halogens is 1. The van der Waals surface area contributed by atoms with Crippen molar-refractivity contribution in [1.82, 2.24) is 4.98 Å². The van der Waals surface area contributed by atoms with Gasteiger partial charge in [-0.15, -0.1) is 0 Å². The number of nitrogens with two attached hydrogens (primary N) is 1. The fraction of sp³-hybridized carbons (Fsp3) is 0.143. The fourth-order valence-electron chi connectivity index (χ4n) is 1.72. The number of pyridine rings is 1. The smallest absolute Gasteiger partial charge is 0.256 e. The summed E-state index contributed by atoms with van der Waals surface area (Å²) >= 11 is 3.34. The standard InChI is InChI=1S/C14H14BrN3O/c1-8-3-4-17-7-13(8)18-14(19)11-5-10(15)6-12(16)9(11)2/h3-7H,16H2,1-2H3,(H,18,19). The van der Waals surface area contributed by atoms with Crippen molar-refractivity contribution >= 4 is 33.2 Å². The van der Waals surface area contributed by atoms with Gasteiger partial charge in [-0.2, -0.15) is 0 Å². The molecule has 0 bridgehead atoms. The van der Waals surface area contributed by atoms with Gasteiger partial charge in [-0.25, -0.2) is 0 Å². The predicted octanol–water partition coefficient (Wildman–Crippen LogP) is 3.30. The first kappa shape index (κ1) is 13.5. The van der Waals surface area contributed by atoms with Gasteiger partial charge in [-0.3, -0.25) is 9.78 Å². The molecule has 4 nitrogen and oxygen atoms in total. The van der Waals surface area contributed by atoms with E-state index in [4.69, 9.17) is 5.73 Å². The van der Waals surface area contributed by atoms with Gasteiger partial charge in [0.05, 0.1) is 11.9 Å². The molecule has 1 amide bonds. The van der Waals surface area contributed by atoms with Crippen LogP contribution in [0.15, 0.2) is 35.1 Å². The Balaban J connectivity index is 2.33. The summed E-state index contributed by atoms with van der Waals surface area (Å²) in [6.45, 7) is 3.74. The lowest BCUT2D eigenvalue weighted by molar-refractivity contribution is 0.102. The van der Waals surface area contributed by atoms with Crippen molar-refractivity contribution in [3.8, 4) is 0 Å². The normalized spacial score (nSPS) is 10.3. The monoisotopic (exact) mass is 319 g/mol. The number of nitrogens with zero attached hydrogens (tertiary/aromatic N) is 1. The largest absolute Gasteiger partial charge is 0.398 e. The predicted molar refractivity (Wildman–Crippen MR) is 80.2 cm³/mol. The fourth-order valence-corrected chi connectivity index (χ4v) is 2.20. The highest BCUT2D eigenvalue weighted by Gasteiger charge is 2.13. The third-order valence-corrected chi connectivity index (χ3v) is 3.40. The van der Waals surface area contributed by atoms with Crippen molar-refractivity contribution in [3.05, 3.63) is 51.8 Å². The van der Waals surface area contributed by atoms with Crippen LogP contribution in [0.4, 0.5) is 11.4 Å². The number of anilines is 2. The van der Waals surface area contributed by atoms with Crippen molar-refractivity contribution in [3.63, 3.8) is 0 Å². The summed E-state index contributed by atoms with van der Waals surface area (Å²) < 4.78 is 0.781. The van der Waals surface area contributed by atoms with Gasteiger partial charge in [0.2, 0.25) is 0 Å². The number of amides is 1. The molecule has 5 heteroatoms. The van der Waals surface area contributed by atoms with Crippen LogP contribution in [0.1, 0.15) is 21.5 Å². The zero-order chi connectivity index (χ0) is 14.0. The van der Waals surface area contributed by atoms with E-state index in [1.165, 1.54) is 0 Å². The molecule has 0 aliphatic rings. The zero-order valence-corrected chi connectivity index (χ0v) is 12.3. The van der Waals surface area contributed by atoms with E-state index >= 15 is 0 Å². The molecule has 2 aromatic rings. The van der Waals surface area contributed by atoms with Gasteiger partial charge in [0.25, 0.3) is 5.91 Å². The van der Waals surface area contributed by atoms with Crippen molar-refractivity contribution < 1.29 is 4.79 Å². The van der Waals surface area contributed by atoms with Gasteiger partial charge in [0.15, 0.2) is 0 Å². The van der Waals surface area contributed by atoms with E-state index in [9.17, 15) is 4.79 Å². The molecule has 0 spiro atoms. The SMILES string of the molecule is Cc1ccncc1NC(=O)c1cc(Br)cc(N)c1C. The summed E-state index contributed by atoms with van der Waals surface area (Å²) in [6, 6.07) is 5.38. The number of nitrogens with one attached hydrogen (secondary N) is 1. The molecule has 2 rings (SSSR count). The van der Waals surface area contributed by atoms with E-state index < -0.39 is 0 Å². The molecule has 0 saturated heterocycles. The van der Waals surface area contributed by atoms with Gasteiger partial charge in [-0.1, -0.05) is 15.9 Å². The molecule has 0 saturated carbocycles. The summed E-state index contributed by atoms with van der Waals surface area (Å²) in [7, 11) is 0. The summed E-state index contributed by atoms with van der Waals surface area (Å²) in [5.41, 5.74) is 9.42. The number of carbonyl (C=O) groups is 1. The van der Waals surface area contributed by atoms with Crippen LogP contribution in [0.25, 0.3) is 0 Å². The molecule has 0 aliphatic carbocycles. The van der Waals surface area contributed by atoms with Gasteiger partial charge in [-0.05, 0) is 43.2 Å². The van der Waals surface area contributed by atoms with E-state index in [1.807, 2.05) is 19.9 Å². The Hall–Kier alpha value is -1.88. The minimum Gasteiger partial charge on any atom is -0.398 e. The van der Waals surface area contributed by atoms with E-state index in [0.717, 1.165) is 15.6 Å². The van der Waals surface area contributed by atoms with E-state index in [2.05, 4.69) is 26.2 Å². The van der Waals surface area contributed by atoms with E-state index in [-0.39, 0.29) is 5.91 Å². The van der Waals surface area contributed by atoms with Crippen LogP contribution in [-0.4, -0.2) is 10.9 Å². The Morgan fingerprint density at radius 2 is 2.11 bits per heavy atom. The molecule has 0 atom stereocenters. The van der Waals surface area contributed by atoms with Crippen molar-refractivity contribution in [2.75, 3.05) is 11.1 Å². The molecular formula is C14H14BrN3O. The number of aryl methyl sites for hydroxylation is 1. The summed E-state index contributed by atoms with van der Waals surface area (Å²) in [4.78, 5) is 16.3. The molecule has 1 aromatic heterocycles. The minimum atomic E-state index is -0.193. The Kier molecular flexibility index (Phi) is 3.85. The first-order valence-electron chi connectivity index (χ1n) is 5.76. The Bertz CT molecular complexity index is 641. The minimum absolute atomic E-state index is 0.193. The topological polar surface area (TPSA) is 68.0 Å². The molecule has 1 aromatic carbocycles. The number of hydrogen-bond acceptors (Lipinski definition) is 3. The van der Waals surface area contributed by atoms with Crippen molar-refractivity contribution in [2.45, 2.75) is 13.8 Å². The lowest BCUT2D eigenvalue weighted by Crippen LogP contribution is -2.15. The number of carbonyl (C=O) groups excluding carboxylic acids is 1. The summed E-state index contributed by atoms with van der Waals surface area (Å²) in [5, 5.41) is 2.84. The van der Waals surface area contributed by atoms with Crippen LogP contribution in [0.3, 0.4) is 0 Å². The number of hydrogen-bond donors (Lipinski definition) is 2. The lowest BCUT2D eigenvalue weighted by Gasteiger charge is -2.11. The highest BCUT2D eigenvalue weighted by Crippen LogP contribution is 2.24. The third-order valence-electron chi connectivity index (χ3n) is 2.94. The van der Waals surface area contributed by atoms with Crippen LogP contribution >= 0.6 is 15.9 Å². The van der Waals surface area contributed by atoms with Crippen LogP contribution in [0, 0.1) is 13.8 Å². The van der Waals surface area contributed by atoms with Gasteiger partial charge in [0, 0.05) is 21.9 Å². The second kappa shape index (κ2) is 5.40. The highest BCUT2D eigenvalue weighted by molar-refractivity contribution is 9.10. The lowest BCUT2D eigenvalue weighted by atomic mass is 10.1. The Morgan fingerprint density at radius 1 is 1.37 bits per heavy atom. The number of nitrogen functional groups attached to an aromatic ring is 1. The van der Waals surface area contributed by atoms with Crippen LogP contribution < -0.4 is 11.1 Å². The third kappa shape index (κ3) is 2.93. The average molecular weight is 320 g/mol. The Labute approximate surface area is 120 Å². The number of aromatic nitrogens is 1. The van der Waals surface area contributed by atoms with Crippen LogP contribution in [0.5, 0.6) is 0 Å². The first-order chi connectivity index (χ1) is 8.99.